The van der Waals surface area contributed by atoms with Crippen LogP contribution in [-0.4, -0.2) is 17.1 Å². The Morgan fingerprint density at radius 3 is 2.69 bits per heavy atom. The monoisotopic (exact) mass is 370 g/mol. The summed E-state index contributed by atoms with van der Waals surface area (Å²) in [5.41, 5.74) is 1.03. The number of hydrogen-bond acceptors (Lipinski definition) is 5. The molecule has 0 saturated carbocycles. The van der Waals surface area contributed by atoms with Gasteiger partial charge in [0.1, 0.15) is 22.7 Å². The molecule has 2 aromatic carbocycles. The van der Waals surface area contributed by atoms with E-state index in [0.717, 1.165) is 17.7 Å². The molecule has 0 aliphatic rings. The number of benzene rings is 2. The van der Waals surface area contributed by atoms with Crippen LogP contribution in [0, 0.1) is 23.0 Å². The van der Waals surface area contributed by atoms with Gasteiger partial charge in [0.15, 0.2) is 11.8 Å². The highest BCUT2D eigenvalue weighted by atomic mass is 32.1. The number of rotatable bonds is 5. The molecule has 130 valence electrons. The van der Waals surface area contributed by atoms with E-state index in [4.69, 9.17) is 4.74 Å². The van der Waals surface area contributed by atoms with Gasteiger partial charge in [-0.05, 0) is 11.6 Å². The standard InChI is InChI=1S/C19H12F2N2O2S/c20-14-7-6-13(16(21)9-14)8-15(10-22)25-19(24)17-11-26-18(23-17)12-4-2-1-3-5-12/h1-7,9,11,15H,8H2/t15-/m0/s1. The van der Waals surface area contributed by atoms with Crippen LogP contribution in [0.1, 0.15) is 16.1 Å². The molecule has 7 heteroatoms. The summed E-state index contributed by atoms with van der Waals surface area (Å²) in [5.74, 6) is -2.27. The van der Waals surface area contributed by atoms with E-state index in [-0.39, 0.29) is 17.7 Å². The first-order valence-corrected chi connectivity index (χ1v) is 8.50. The number of carbonyl (C=O) groups is 1. The van der Waals surface area contributed by atoms with Crippen LogP contribution in [0.15, 0.2) is 53.9 Å². The fraction of sp³-hybridized carbons (Fsp3) is 0.105. The quantitative estimate of drug-likeness (QED) is 0.625. The Morgan fingerprint density at radius 2 is 2.00 bits per heavy atom. The van der Waals surface area contributed by atoms with Gasteiger partial charge in [-0.15, -0.1) is 11.3 Å². The van der Waals surface area contributed by atoms with Crippen LogP contribution < -0.4 is 0 Å². The van der Waals surface area contributed by atoms with Crippen LogP contribution in [0.25, 0.3) is 10.6 Å². The molecule has 0 amide bonds. The van der Waals surface area contributed by atoms with Crippen molar-refractivity contribution in [1.82, 2.24) is 4.98 Å². The zero-order valence-corrected chi connectivity index (χ0v) is 14.2. The van der Waals surface area contributed by atoms with Crippen molar-refractivity contribution in [3.05, 3.63) is 76.8 Å². The third-order valence-electron chi connectivity index (χ3n) is 3.55. The molecule has 1 heterocycles. The number of nitrogens with zero attached hydrogens (tertiary/aromatic N) is 2. The zero-order valence-electron chi connectivity index (χ0n) is 13.4. The van der Waals surface area contributed by atoms with Crippen LogP contribution in [0.4, 0.5) is 8.78 Å². The number of nitriles is 1. The Balaban J connectivity index is 1.70. The minimum atomic E-state index is -1.20. The number of hydrogen-bond donors (Lipinski definition) is 0. The van der Waals surface area contributed by atoms with Gasteiger partial charge in [-0.1, -0.05) is 36.4 Å². The minimum Gasteiger partial charge on any atom is -0.442 e. The first-order chi connectivity index (χ1) is 12.6. The van der Waals surface area contributed by atoms with E-state index in [0.29, 0.717) is 5.01 Å². The van der Waals surface area contributed by atoms with E-state index in [1.807, 2.05) is 30.3 Å². The maximum atomic E-state index is 13.7. The van der Waals surface area contributed by atoms with E-state index >= 15 is 0 Å². The number of aromatic nitrogens is 1. The topological polar surface area (TPSA) is 63.0 Å². The van der Waals surface area contributed by atoms with Crippen molar-refractivity contribution < 1.29 is 18.3 Å². The predicted octanol–water partition coefficient (Wildman–Crippen LogP) is 4.38. The molecule has 0 N–H and O–H groups in total. The van der Waals surface area contributed by atoms with Crippen molar-refractivity contribution in [2.24, 2.45) is 0 Å². The molecule has 0 radical (unpaired) electrons. The lowest BCUT2D eigenvalue weighted by Gasteiger charge is -2.10. The summed E-state index contributed by atoms with van der Waals surface area (Å²) in [5, 5.41) is 11.4. The Hall–Kier alpha value is -3.11. The molecular formula is C19H12F2N2O2S. The normalized spacial score (nSPS) is 11.6. The number of thiazole rings is 1. The number of carbonyl (C=O) groups excluding carboxylic acids is 1. The van der Waals surface area contributed by atoms with Gasteiger partial charge in [0, 0.05) is 23.4 Å². The van der Waals surface area contributed by atoms with Crippen LogP contribution in [-0.2, 0) is 11.2 Å². The van der Waals surface area contributed by atoms with Gasteiger partial charge in [-0.25, -0.2) is 18.6 Å². The van der Waals surface area contributed by atoms with Crippen LogP contribution >= 0.6 is 11.3 Å². The van der Waals surface area contributed by atoms with Gasteiger partial charge < -0.3 is 4.74 Å². The first kappa shape index (κ1) is 17.7. The molecule has 1 aromatic heterocycles. The molecule has 26 heavy (non-hydrogen) atoms. The fourth-order valence-electron chi connectivity index (χ4n) is 2.27. The lowest BCUT2D eigenvalue weighted by Crippen LogP contribution is -2.20. The largest absolute Gasteiger partial charge is 0.442 e. The van der Waals surface area contributed by atoms with Crippen molar-refractivity contribution in [3.63, 3.8) is 0 Å². The van der Waals surface area contributed by atoms with E-state index in [9.17, 15) is 18.8 Å². The van der Waals surface area contributed by atoms with Crippen molar-refractivity contribution >= 4 is 17.3 Å². The molecule has 0 fully saturated rings. The van der Waals surface area contributed by atoms with Gasteiger partial charge in [-0.3, -0.25) is 0 Å². The molecule has 3 rings (SSSR count). The van der Waals surface area contributed by atoms with Crippen LogP contribution in [0.2, 0.25) is 0 Å². The summed E-state index contributed by atoms with van der Waals surface area (Å²) in [6.07, 6.45) is -1.38. The first-order valence-electron chi connectivity index (χ1n) is 7.62. The second-order valence-corrected chi connectivity index (χ2v) is 6.22. The molecule has 0 aliphatic heterocycles. The summed E-state index contributed by atoms with van der Waals surface area (Å²) in [4.78, 5) is 16.4. The fourth-order valence-corrected chi connectivity index (χ4v) is 3.07. The predicted molar refractivity (Wildman–Crippen MR) is 92.4 cm³/mol. The smallest absolute Gasteiger partial charge is 0.359 e. The van der Waals surface area contributed by atoms with Crippen LogP contribution in [0.3, 0.4) is 0 Å². The summed E-state index contributed by atoms with van der Waals surface area (Å²) in [6.45, 7) is 0. The second-order valence-electron chi connectivity index (χ2n) is 5.37. The molecule has 0 unspecified atom stereocenters. The molecule has 0 saturated heterocycles. The molecule has 0 spiro atoms. The van der Waals surface area contributed by atoms with Gasteiger partial charge in [0.2, 0.25) is 0 Å². The minimum absolute atomic E-state index is 0.0775. The van der Waals surface area contributed by atoms with Gasteiger partial charge in [0.05, 0.1) is 0 Å². The van der Waals surface area contributed by atoms with Gasteiger partial charge >= 0.3 is 5.97 Å². The molecule has 1 atom stereocenters. The Kier molecular flexibility index (Phi) is 5.34. The van der Waals surface area contributed by atoms with Crippen molar-refractivity contribution in [2.45, 2.75) is 12.5 Å². The highest BCUT2D eigenvalue weighted by Gasteiger charge is 2.20. The van der Waals surface area contributed by atoms with Gasteiger partial charge in [0.25, 0.3) is 0 Å². The summed E-state index contributed by atoms with van der Waals surface area (Å²) in [6, 6.07) is 14.1. The highest BCUT2D eigenvalue weighted by molar-refractivity contribution is 7.13. The van der Waals surface area contributed by atoms with Crippen LogP contribution in [0.5, 0.6) is 0 Å². The lowest BCUT2D eigenvalue weighted by atomic mass is 10.1. The average molecular weight is 370 g/mol. The highest BCUT2D eigenvalue weighted by Crippen LogP contribution is 2.24. The maximum absolute atomic E-state index is 13.7. The molecule has 0 aliphatic carbocycles. The molecule has 3 aromatic rings. The SMILES string of the molecule is N#C[C@H](Cc1ccc(F)cc1F)OC(=O)c1csc(-c2ccccc2)n1. The third-order valence-corrected chi connectivity index (χ3v) is 4.44. The molecule has 0 bridgehead atoms. The van der Waals surface area contributed by atoms with E-state index in [2.05, 4.69) is 4.98 Å². The second kappa shape index (κ2) is 7.85. The summed E-state index contributed by atoms with van der Waals surface area (Å²) in [7, 11) is 0. The van der Waals surface area contributed by atoms with Crippen molar-refractivity contribution in [2.75, 3.05) is 0 Å². The molecular weight excluding hydrogens is 358 g/mol. The number of ether oxygens (including phenoxy) is 1. The van der Waals surface area contributed by atoms with E-state index in [1.54, 1.807) is 6.07 Å². The number of halogens is 2. The van der Waals surface area contributed by atoms with E-state index < -0.39 is 23.7 Å². The third kappa shape index (κ3) is 4.10. The van der Waals surface area contributed by atoms with Crippen molar-refractivity contribution in [3.8, 4) is 16.6 Å². The Morgan fingerprint density at radius 1 is 1.23 bits per heavy atom. The summed E-state index contributed by atoms with van der Waals surface area (Å²) >= 11 is 1.28. The van der Waals surface area contributed by atoms with Gasteiger partial charge in [-0.2, -0.15) is 5.26 Å². The maximum Gasteiger partial charge on any atom is 0.359 e. The van der Waals surface area contributed by atoms with Crippen molar-refractivity contribution in [1.29, 1.82) is 5.26 Å². The molecule has 4 nitrogen and oxygen atoms in total. The lowest BCUT2D eigenvalue weighted by molar-refractivity contribution is 0.0400. The van der Waals surface area contributed by atoms with E-state index in [1.165, 1.54) is 22.8 Å². The Bertz CT molecular complexity index is 967. The zero-order chi connectivity index (χ0) is 18.5. The average Bonchev–Trinajstić information content (AvgIpc) is 3.14. The number of esters is 1. The Labute approximate surface area is 152 Å². The summed E-state index contributed by atoms with van der Waals surface area (Å²) < 4.78 is 31.7.